The summed E-state index contributed by atoms with van der Waals surface area (Å²) in [5, 5.41) is 0.453. The largest absolute Gasteiger partial charge is 0.456 e. The number of hydrogen-bond acceptors (Lipinski definition) is 4. The average Bonchev–Trinajstić information content (AvgIpc) is 2.55. The lowest BCUT2D eigenvalue weighted by molar-refractivity contribution is -0.137. The zero-order chi connectivity index (χ0) is 16.4. The van der Waals surface area contributed by atoms with E-state index < -0.39 is 0 Å². The van der Waals surface area contributed by atoms with Crippen molar-refractivity contribution in [1.82, 2.24) is 0 Å². The van der Waals surface area contributed by atoms with Crippen molar-refractivity contribution in [2.24, 2.45) is 5.92 Å². The molecule has 0 amide bonds. The number of rotatable bonds is 3. The lowest BCUT2D eigenvalue weighted by Gasteiger charge is -2.08. The lowest BCUT2D eigenvalue weighted by Crippen LogP contribution is -2.14. The minimum Gasteiger partial charge on any atom is -0.456 e. The molecule has 3 aromatic rings. The van der Waals surface area contributed by atoms with E-state index in [0.717, 1.165) is 5.56 Å². The molecule has 0 unspecified atom stereocenters. The number of hydrogen-bond donors (Lipinski definition) is 0. The summed E-state index contributed by atoms with van der Waals surface area (Å²) in [6.45, 7) is 3.52. The van der Waals surface area contributed by atoms with Gasteiger partial charge in [0.25, 0.3) is 0 Å². The van der Waals surface area contributed by atoms with Crippen LogP contribution in [0.25, 0.3) is 22.3 Å². The third kappa shape index (κ3) is 3.16. The third-order valence-corrected chi connectivity index (χ3v) is 3.45. The first-order valence-corrected chi connectivity index (χ1v) is 7.39. The normalized spacial score (nSPS) is 10.9. The maximum atomic E-state index is 12.2. The molecular weight excluding hydrogens is 292 g/mol. The van der Waals surface area contributed by atoms with E-state index in [-0.39, 0.29) is 17.3 Å². The highest BCUT2D eigenvalue weighted by atomic mass is 16.5. The Morgan fingerprint density at radius 3 is 2.48 bits per heavy atom. The molecule has 0 fully saturated rings. The van der Waals surface area contributed by atoms with E-state index in [4.69, 9.17) is 9.15 Å². The van der Waals surface area contributed by atoms with Crippen molar-refractivity contribution in [2.75, 3.05) is 0 Å². The van der Waals surface area contributed by atoms with Gasteiger partial charge in [0.15, 0.2) is 5.43 Å². The Bertz CT molecular complexity index is 908. The van der Waals surface area contributed by atoms with E-state index in [1.807, 2.05) is 30.3 Å². The number of esters is 1. The van der Waals surface area contributed by atoms with Crippen molar-refractivity contribution in [2.45, 2.75) is 13.8 Å². The van der Waals surface area contributed by atoms with Crippen LogP contribution < -0.4 is 10.2 Å². The molecule has 1 aromatic heterocycles. The molecule has 0 aliphatic rings. The van der Waals surface area contributed by atoms with E-state index in [1.54, 1.807) is 32.0 Å². The van der Waals surface area contributed by atoms with Gasteiger partial charge in [-0.05, 0) is 12.1 Å². The second kappa shape index (κ2) is 6.08. The van der Waals surface area contributed by atoms with Gasteiger partial charge in [0.05, 0.1) is 11.3 Å². The molecule has 4 nitrogen and oxygen atoms in total. The van der Waals surface area contributed by atoms with Crippen molar-refractivity contribution in [1.29, 1.82) is 0 Å². The molecule has 0 atom stereocenters. The fourth-order valence-electron chi connectivity index (χ4n) is 2.18. The van der Waals surface area contributed by atoms with Crippen molar-refractivity contribution in [3.63, 3.8) is 0 Å². The molecule has 0 saturated carbocycles. The highest BCUT2D eigenvalue weighted by Crippen LogP contribution is 2.25. The number of carbonyl (C=O) groups excluding carboxylic acids is 1. The summed E-state index contributed by atoms with van der Waals surface area (Å²) in [7, 11) is 0. The molecule has 0 radical (unpaired) electrons. The second-order valence-electron chi connectivity index (χ2n) is 5.57. The highest BCUT2D eigenvalue weighted by Gasteiger charge is 2.12. The molecule has 0 aliphatic carbocycles. The fourth-order valence-corrected chi connectivity index (χ4v) is 2.18. The van der Waals surface area contributed by atoms with Crippen LogP contribution in [-0.4, -0.2) is 5.97 Å². The van der Waals surface area contributed by atoms with E-state index in [9.17, 15) is 9.59 Å². The third-order valence-electron chi connectivity index (χ3n) is 3.45. The maximum Gasteiger partial charge on any atom is 0.313 e. The van der Waals surface area contributed by atoms with Gasteiger partial charge in [0, 0.05) is 17.7 Å². The van der Waals surface area contributed by atoms with Gasteiger partial charge in [0.2, 0.25) is 0 Å². The number of benzene rings is 2. The van der Waals surface area contributed by atoms with E-state index >= 15 is 0 Å². The molecule has 0 bridgehead atoms. The Morgan fingerprint density at radius 1 is 1.04 bits per heavy atom. The highest BCUT2D eigenvalue weighted by molar-refractivity contribution is 5.81. The molecule has 116 valence electrons. The molecular formula is C19H16O4. The Morgan fingerprint density at radius 2 is 1.78 bits per heavy atom. The SMILES string of the molecule is CC(C)C(=O)Oc1ccc2c(=O)cc(-c3ccccc3)oc2c1. The predicted molar refractivity (Wildman–Crippen MR) is 88.4 cm³/mol. The average molecular weight is 308 g/mol. The molecule has 4 heteroatoms. The van der Waals surface area contributed by atoms with Crippen LogP contribution in [0.15, 0.2) is 63.8 Å². The van der Waals surface area contributed by atoms with E-state index in [1.165, 1.54) is 6.07 Å². The minimum atomic E-state index is -0.328. The van der Waals surface area contributed by atoms with Crippen molar-refractivity contribution in [3.8, 4) is 17.1 Å². The first-order chi connectivity index (χ1) is 11.0. The van der Waals surface area contributed by atoms with Crippen LogP contribution >= 0.6 is 0 Å². The van der Waals surface area contributed by atoms with Crippen molar-refractivity contribution in [3.05, 3.63) is 64.8 Å². The molecule has 3 rings (SSSR count). The molecule has 0 N–H and O–H groups in total. The Hall–Kier alpha value is -2.88. The molecule has 0 saturated heterocycles. The van der Waals surface area contributed by atoms with Gasteiger partial charge >= 0.3 is 5.97 Å². The standard InChI is InChI=1S/C19H16O4/c1-12(2)19(21)22-14-8-9-15-16(20)11-17(23-18(15)10-14)13-6-4-3-5-7-13/h3-12H,1-2H3. The van der Waals surface area contributed by atoms with Crippen LogP contribution in [0.3, 0.4) is 0 Å². The van der Waals surface area contributed by atoms with Crippen LogP contribution in [0.4, 0.5) is 0 Å². The molecule has 0 spiro atoms. The predicted octanol–water partition coefficient (Wildman–Crippen LogP) is 4.02. The summed E-state index contributed by atoms with van der Waals surface area (Å²) >= 11 is 0. The minimum absolute atomic E-state index is 0.133. The molecule has 0 aliphatic heterocycles. The summed E-state index contributed by atoms with van der Waals surface area (Å²) in [6.07, 6.45) is 0. The van der Waals surface area contributed by atoms with Crippen LogP contribution in [0.1, 0.15) is 13.8 Å². The van der Waals surface area contributed by atoms with Crippen LogP contribution in [0, 0.1) is 5.92 Å². The lowest BCUT2D eigenvalue weighted by atomic mass is 10.1. The van der Waals surface area contributed by atoms with Gasteiger partial charge in [-0.2, -0.15) is 0 Å². The summed E-state index contributed by atoms with van der Waals surface area (Å²) in [5.74, 6) is 0.291. The summed E-state index contributed by atoms with van der Waals surface area (Å²) < 4.78 is 11.1. The van der Waals surface area contributed by atoms with Gasteiger partial charge < -0.3 is 9.15 Å². The van der Waals surface area contributed by atoms with Gasteiger partial charge in [-0.1, -0.05) is 44.2 Å². The number of carbonyl (C=O) groups is 1. The number of ether oxygens (including phenoxy) is 1. The molecule has 23 heavy (non-hydrogen) atoms. The fraction of sp³-hybridized carbons (Fsp3) is 0.158. The summed E-state index contributed by atoms with van der Waals surface area (Å²) in [5.41, 5.74) is 1.08. The molecule has 2 aromatic carbocycles. The number of fused-ring (bicyclic) bond motifs is 1. The van der Waals surface area contributed by atoms with E-state index in [0.29, 0.717) is 22.5 Å². The Kier molecular flexibility index (Phi) is 3.98. The second-order valence-corrected chi connectivity index (χ2v) is 5.57. The van der Waals surface area contributed by atoms with Crippen LogP contribution in [0.2, 0.25) is 0 Å². The monoisotopic (exact) mass is 308 g/mol. The van der Waals surface area contributed by atoms with E-state index in [2.05, 4.69) is 0 Å². The summed E-state index contributed by atoms with van der Waals surface area (Å²) in [4.78, 5) is 23.9. The Balaban J connectivity index is 2.07. The smallest absolute Gasteiger partial charge is 0.313 e. The topological polar surface area (TPSA) is 56.5 Å². The van der Waals surface area contributed by atoms with Crippen molar-refractivity contribution >= 4 is 16.9 Å². The zero-order valence-electron chi connectivity index (χ0n) is 12.9. The zero-order valence-corrected chi connectivity index (χ0v) is 12.9. The first-order valence-electron chi connectivity index (χ1n) is 7.39. The van der Waals surface area contributed by atoms with Crippen molar-refractivity contribution < 1.29 is 13.9 Å². The summed E-state index contributed by atoms with van der Waals surface area (Å²) in [6, 6.07) is 15.6. The van der Waals surface area contributed by atoms with Gasteiger partial charge in [-0.15, -0.1) is 0 Å². The van der Waals surface area contributed by atoms with Crippen LogP contribution in [0.5, 0.6) is 5.75 Å². The molecule has 1 heterocycles. The van der Waals surface area contributed by atoms with Gasteiger partial charge in [0.1, 0.15) is 17.1 Å². The maximum absolute atomic E-state index is 12.2. The first kappa shape index (κ1) is 15.0. The quantitative estimate of drug-likeness (QED) is 0.541. The van der Waals surface area contributed by atoms with Crippen LogP contribution in [-0.2, 0) is 4.79 Å². The van der Waals surface area contributed by atoms with Gasteiger partial charge in [-0.25, -0.2) is 0 Å². The Labute approximate surface area is 133 Å². The van der Waals surface area contributed by atoms with Gasteiger partial charge in [-0.3, -0.25) is 9.59 Å².